The summed E-state index contributed by atoms with van der Waals surface area (Å²) in [7, 11) is 0. The zero-order chi connectivity index (χ0) is 27.4. The van der Waals surface area contributed by atoms with Crippen molar-refractivity contribution in [3.63, 3.8) is 0 Å². The fourth-order valence-electron chi connectivity index (χ4n) is 5.05. The fourth-order valence-corrected chi connectivity index (χ4v) is 5.05. The summed E-state index contributed by atoms with van der Waals surface area (Å²) >= 11 is 0. The minimum atomic E-state index is -0.833. The fraction of sp³-hybridized carbons (Fsp3) is 0.290. The van der Waals surface area contributed by atoms with Gasteiger partial charge in [0.15, 0.2) is 0 Å². The van der Waals surface area contributed by atoms with Gasteiger partial charge < -0.3 is 19.5 Å². The lowest BCUT2D eigenvalue weighted by atomic mass is 9.94. The number of amides is 1. The van der Waals surface area contributed by atoms with Gasteiger partial charge in [-0.2, -0.15) is 0 Å². The minimum absolute atomic E-state index is 0.00496. The summed E-state index contributed by atoms with van der Waals surface area (Å²) in [5, 5.41) is 11.4. The molecule has 0 bridgehead atoms. The largest absolute Gasteiger partial charge is 0.507 e. The van der Waals surface area contributed by atoms with E-state index in [1.165, 1.54) is 17.0 Å². The Hall–Kier alpha value is -4.01. The lowest BCUT2D eigenvalue weighted by Crippen LogP contribution is -2.42. The molecule has 2 heterocycles. The monoisotopic (exact) mass is 530 g/mol. The number of aliphatic hydroxyl groups is 1. The molecule has 0 aromatic heterocycles. The van der Waals surface area contributed by atoms with Gasteiger partial charge in [0, 0.05) is 31.7 Å². The number of ketones is 1. The van der Waals surface area contributed by atoms with Gasteiger partial charge in [-0.05, 0) is 53.9 Å². The van der Waals surface area contributed by atoms with Gasteiger partial charge in [0.2, 0.25) is 0 Å². The number of aliphatic hydroxyl groups excluding tert-OH is 1. The van der Waals surface area contributed by atoms with Gasteiger partial charge in [-0.1, -0.05) is 42.5 Å². The van der Waals surface area contributed by atoms with Gasteiger partial charge in [-0.15, -0.1) is 0 Å². The van der Waals surface area contributed by atoms with Crippen LogP contribution >= 0.6 is 0 Å². The molecule has 39 heavy (non-hydrogen) atoms. The van der Waals surface area contributed by atoms with Crippen LogP contribution in [0.3, 0.4) is 0 Å². The number of hydrogen-bond acceptors (Lipinski definition) is 6. The molecule has 2 aliphatic heterocycles. The van der Waals surface area contributed by atoms with E-state index in [4.69, 9.17) is 9.47 Å². The molecule has 1 N–H and O–H groups in total. The average molecular weight is 531 g/mol. The van der Waals surface area contributed by atoms with Crippen molar-refractivity contribution < 1.29 is 28.6 Å². The molecule has 8 heteroatoms. The average Bonchev–Trinajstić information content (AvgIpc) is 3.21. The quantitative estimate of drug-likeness (QED) is 0.263. The van der Waals surface area contributed by atoms with Gasteiger partial charge in [0.1, 0.15) is 23.9 Å². The molecule has 0 saturated carbocycles. The Labute approximate surface area is 227 Å². The number of likely N-dealkylation sites (tertiary alicyclic amines) is 1. The second-order valence-corrected chi connectivity index (χ2v) is 9.75. The Balaban J connectivity index is 1.45. The van der Waals surface area contributed by atoms with E-state index in [0.29, 0.717) is 48.8 Å². The van der Waals surface area contributed by atoms with Crippen molar-refractivity contribution in [1.29, 1.82) is 0 Å². The predicted octanol–water partition coefficient (Wildman–Crippen LogP) is 4.47. The second kappa shape index (κ2) is 11.8. The summed E-state index contributed by atoms with van der Waals surface area (Å²) in [5.74, 6) is -1.50. The first-order valence-corrected chi connectivity index (χ1v) is 13.0. The third-order valence-electron chi connectivity index (χ3n) is 7.19. The number of nitrogens with zero attached hydrogens (tertiary/aromatic N) is 2. The number of benzene rings is 3. The molecule has 1 atom stereocenters. The molecule has 0 spiro atoms. The van der Waals surface area contributed by atoms with Crippen molar-refractivity contribution in [3.8, 4) is 5.75 Å². The maximum atomic E-state index is 13.8. The van der Waals surface area contributed by atoms with Gasteiger partial charge >= 0.3 is 0 Å². The van der Waals surface area contributed by atoms with Crippen molar-refractivity contribution in [1.82, 2.24) is 9.80 Å². The number of carbonyl (C=O) groups excluding carboxylic acids is 2. The first kappa shape index (κ1) is 26.6. The Kier molecular flexibility index (Phi) is 8.05. The zero-order valence-corrected chi connectivity index (χ0v) is 21.8. The van der Waals surface area contributed by atoms with E-state index >= 15 is 0 Å². The zero-order valence-electron chi connectivity index (χ0n) is 21.8. The van der Waals surface area contributed by atoms with Gasteiger partial charge in [0.25, 0.3) is 11.7 Å². The standard InChI is InChI=1S/C31H31FN2O5/c1-21-19-25(39-20-22-5-3-2-4-6-22)11-12-26(21)29(35)27-28(23-7-9-24(32)10-8-23)34(31(37)30(27)36)14-13-33-15-17-38-18-16-33/h2-12,19,28,35H,13-18,20H2,1H3/t28-/m1/s1. The number of Topliss-reactive ketones (excluding diaryl/α,β-unsaturated/α-hetero) is 1. The molecule has 202 valence electrons. The third-order valence-corrected chi connectivity index (χ3v) is 7.19. The van der Waals surface area contributed by atoms with Crippen LogP contribution in [-0.2, 0) is 20.9 Å². The van der Waals surface area contributed by atoms with E-state index < -0.39 is 23.5 Å². The highest BCUT2D eigenvalue weighted by Crippen LogP contribution is 2.40. The van der Waals surface area contributed by atoms with Crippen LogP contribution in [0.1, 0.15) is 28.3 Å². The van der Waals surface area contributed by atoms with Crippen molar-refractivity contribution in [2.24, 2.45) is 0 Å². The normalized spacial score (nSPS) is 19.4. The topological polar surface area (TPSA) is 79.3 Å². The van der Waals surface area contributed by atoms with Gasteiger partial charge in [-0.25, -0.2) is 4.39 Å². The number of aryl methyl sites for hydroxylation is 1. The Morgan fingerprint density at radius 1 is 1.00 bits per heavy atom. The maximum Gasteiger partial charge on any atom is 0.295 e. The highest BCUT2D eigenvalue weighted by Gasteiger charge is 2.46. The van der Waals surface area contributed by atoms with Crippen LogP contribution in [0.2, 0.25) is 0 Å². The SMILES string of the molecule is Cc1cc(OCc2ccccc2)ccc1C(O)=C1C(=O)C(=O)N(CCN2CCOCC2)[C@@H]1c1ccc(F)cc1. The van der Waals surface area contributed by atoms with Crippen molar-refractivity contribution in [2.45, 2.75) is 19.6 Å². The van der Waals surface area contributed by atoms with E-state index in [0.717, 1.165) is 18.7 Å². The molecule has 2 saturated heterocycles. The lowest BCUT2D eigenvalue weighted by Gasteiger charge is -2.31. The van der Waals surface area contributed by atoms with E-state index in [1.54, 1.807) is 30.3 Å². The van der Waals surface area contributed by atoms with E-state index in [1.807, 2.05) is 37.3 Å². The van der Waals surface area contributed by atoms with Gasteiger partial charge in [-0.3, -0.25) is 14.5 Å². The first-order valence-electron chi connectivity index (χ1n) is 13.0. The molecule has 1 amide bonds. The van der Waals surface area contributed by atoms with Crippen molar-refractivity contribution >= 4 is 17.4 Å². The predicted molar refractivity (Wildman–Crippen MR) is 145 cm³/mol. The van der Waals surface area contributed by atoms with Crippen LogP contribution in [0.15, 0.2) is 78.4 Å². The lowest BCUT2D eigenvalue weighted by molar-refractivity contribution is -0.140. The van der Waals surface area contributed by atoms with E-state index in [2.05, 4.69) is 4.90 Å². The minimum Gasteiger partial charge on any atom is -0.507 e. The molecule has 2 aliphatic rings. The van der Waals surface area contributed by atoms with Crippen LogP contribution in [0.5, 0.6) is 5.75 Å². The van der Waals surface area contributed by atoms with Crippen LogP contribution in [-0.4, -0.2) is 66.0 Å². The number of ether oxygens (including phenoxy) is 2. The van der Waals surface area contributed by atoms with Crippen LogP contribution in [0.25, 0.3) is 5.76 Å². The van der Waals surface area contributed by atoms with Crippen molar-refractivity contribution in [3.05, 3.63) is 106 Å². The smallest absolute Gasteiger partial charge is 0.295 e. The molecule has 0 radical (unpaired) electrons. The Morgan fingerprint density at radius 3 is 2.41 bits per heavy atom. The number of carbonyl (C=O) groups is 2. The molecule has 2 fully saturated rings. The molecule has 0 unspecified atom stereocenters. The molecule has 3 aromatic carbocycles. The number of hydrogen-bond donors (Lipinski definition) is 1. The Bertz CT molecular complexity index is 1370. The van der Waals surface area contributed by atoms with E-state index in [9.17, 15) is 19.1 Å². The summed E-state index contributed by atoms with van der Waals surface area (Å²) in [4.78, 5) is 30.2. The molecule has 0 aliphatic carbocycles. The van der Waals surface area contributed by atoms with Crippen LogP contribution in [0.4, 0.5) is 4.39 Å². The molecular formula is C31H31FN2O5. The van der Waals surface area contributed by atoms with Gasteiger partial charge in [0.05, 0.1) is 24.8 Å². The van der Waals surface area contributed by atoms with Crippen LogP contribution < -0.4 is 4.74 Å². The summed E-state index contributed by atoms with van der Waals surface area (Å²) < 4.78 is 25.1. The summed E-state index contributed by atoms with van der Waals surface area (Å²) in [6, 6.07) is 19.8. The van der Waals surface area contributed by atoms with Crippen molar-refractivity contribution in [2.75, 3.05) is 39.4 Å². The molecule has 5 rings (SSSR count). The third kappa shape index (κ3) is 5.87. The van der Waals surface area contributed by atoms with Crippen LogP contribution in [0, 0.1) is 12.7 Å². The first-order chi connectivity index (χ1) is 18.9. The molecule has 3 aromatic rings. The highest BCUT2D eigenvalue weighted by atomic mass is 19.1. The summed E-state index contributed by atoms with van der Waals surface area (Å²) in [6.07, 6.45) is 0. The molecule has 7 nitrogen and oxygen atoms in total. The molecular weight excluding hydrogens is 499 g/mol. The Morgan fingerprint density at radius 2 is 1.72 bits per heavy atom. The highest BCUT2D eigenvalue weighted by molar-refractivity contribution is 6.46. The van der Waals surface area contributed by atoms with E-state index in [-0.39, 0.29) is 17.9 Å². The second-order valence-electron chi connectivity index (χ2n) is 9.75. The number of rotatable bonds is 8. The number of halogens is 1. The number of morpholine rings is 1. The maximum absolute atomic E-state index is 13.8. The summed E-state index contributed by atoms with van der Waals surface area (Å²) in [6.45, 7) is 5.76. The summed E-state index contributed by atoms with van der Waals surface area (Å²) in [5.41, 5.74) is 2.70.